The van der Waals surface area contributed by atoms with Crippen molar-refractivity contribution in [2.45, 2.75) is 38.6 Å². The highest BCUT2D eigenvalue weighted by Crippen LogP contribution is 2.31. The predicted octanol–water partition coefficient (Wildman–Crippen LogP) is 4.39. The number of halogens is 1. The summed E-state index contributed by atoms with van der Waals surface area (Å²) in [6, 6.07) is 16.3. The number of hydrogen-bond acceptors (Lipinski definition) is 5. The molecule has 8 nitrogen and oxygen atoms in total. The molecule has 4 aromatic rings. The van der Waals surface area contributed by atoms with Gasteiger partial charge in [0.25, 0.3) is 5.91 Å². The largest absolute Gasteiger partial charge is 0.354 e. The standard InChI is InChI=1S/C29H31FN6O2/c1-29(2,3)22-10-12-24(13-11-22)36(28(38)25-19-33-35(4)34-25)26(21-8-6-15-31-18-21)27(37)32-16-14-20-7-5-9-23(30)17-20/h5-13,15,17-19,26H,14,16H2,1-4H3,(H,32,37). The highest BCUT2D eigenvalue weighted by Gasteiger charge is 2.35. The van der Waals surface area contributed by atoms with E-state index in [1.165, 1.54) is 28.0 Å². The molecule has 0 aliphatic heterocycles. The average Bonchev–Trinajstić information content (AvgIpc) is 3.33. The van der Waals surface area contributed by atoms with E-state index in [1.807, 2.05) is 24.3 Å². The zero-order valence-corrected chi connectivity index (χ0v) is 21.9. The maximum Gasteiger partial charge on any atom is 0.281 e. The lowest BCUT2D eigenvalue weighted by Gasteiger charge is -2.31. The van der Waals surface area contributed by atoms with E-state index >= 15 is 0 Å². The van der Waals surface area contributed by atoms with Crippen LogP contribution in [0.15, 0.2) is 79.3 Å². The predicted molar refractivity (Wildman–Crippen MR) is 143 cm³/mol. The number of benzene rings is 2. The maximum atomic E-state index is 13.9. The molecular formula is C29H31FN6O2. The molecule has 38 heavy (non-hydrogen) atoms. The molecule has 0 fully saturated rings. The summed E-state index contributed by atoms with van der Waals surface area (Å²) in [6.07, 6.45) is 4.98. The van der Waals surface area contributed by atoms with E-state index < -0.39 is 17.9 Å². The molecule has 4 rings (SSSR count). The number of aromatic nitrogens is 4. The molecule has 2 aromatic carbocycles. The molecule has 0 aliphatic rings. The van der Waals surface area contributed by atoms with Crippen molar-refractivity contribution < 1.29 is 14.0 Å². The quantitative estimate of drug-likeness (QED) is 0.376. The second-order valence-corrected chi connectivity index (χ2v) is 10.1. The van der Waals surface area contributed by atoms with E-state index in [0.717, 1.165) is 11.1 Å². The van der Waals surface area contributed by atoms with Crippen molar-refractivity contribution in [2.75, 3.05) is 11.4 Å². The van der Waals surface area contributed by atoms with Gasteiger partial charge >= 0.3 is 0 Å². The van der Waals surface area contributed by atoms with Crippen molar-refractivity contribution in [1.82, 2.24) is 25.3 Å². The van der Waals surface area contributed by atoms with Crippen LogP contribution in [0.2, 0.25) is 0 Å². The Morgan fingerprint density at radius 2 is 1.82 bits per heavy atom. The topological polar surface area (TPSA) is 93.0 Å². The molecule has 9 heteroatoms. The molecule has 0 saturated carbocycles. The third-order valence-corrected chi connectivity index (χ3v) is 6.16. The van der Waals surface area contributed by atoms with Gasteiger partial charge in [-0.15, -0.1) is 5.10 Å². The summed E-state index contributed by atoms with van der Waals surface area (Å²) in [5, 5.41) is 11.2. The smallest absolute Gasteiger partial charge is 0.281 e. The third kappa shape index (κ3) is 6.29. The molecule has 1 unspecified atom stereocenters. The zero-order chi connectivity index (χ0) is 27.3. The summed E-state index contributed by atoms with van der Waals surface area (Å²) >= 11 is 0. The summed E-state index contributed by atoms with van der Waals surface area (Å²) in [5.74, 6) is -1.20. The fourth-order valence-electron chi connectivity index (χ4n) is 4.15. The molecule has 0 aliphatic carbocycles. The summed E-state index contributed by atoms with van der Waals surface area (Å²) in [4.78, 5) is 34.5. The lowest BCUT2D eigenvalue weighted by atomic mass is 9.87. The Bertz CT molecular complexity index is 1400. The molecule has 2 aromatic heterocycles. The van der Waals surface area contributed by atoms with Gasteiger partial charge in [0.05, 0.1) is 6.20 Å². The van der Waals surface area contributed by atoms with Crippen molar-refractivity contribution in [3.05, 3.63) is 107 Å². The van der Waals surface area contributed by atoms with Gasteiger partial charge in [0.15, 0.2) is 5.69 Å². The van der Waals surface area contributed by atoms with Crippen molar-refractivity contribution in [3.8, 4) is 0 Å². The lowest BCUT2D eigenvalue weighted by molar-refractivity contribution is -0.122. The Balaban J connectivity index is 1.71. The molecule has 0 saturated heterocycles. The van der Waals surface area contributed by atoms with Crippen molar-refractivity contribution in [3.63, 3.8) is 0 Å². The second-order valence-electron chi connectivity index (χ2n) is 10.1. The van der Waals surface area contributed by atoms with Crippen LogP contribution in [0.1, 0.15) is 54.0 Å². The zero-order valence-electron chi connectivity index (χ0n) is 21.9. The van der Waals surface area contributed by atoms with Crippen LogP contribution in [0.3, 0.4) is 0 Å². The van der Waals surface area contributed by atoms with E-state index in [-0.39, 0.29) is 23.5 Å². The van der Waals surface area contributed by atoms with Crippen molar-refractivity contribution >= 4 is 17.5 Å². The Labute approximate surface area is 221 Å². The van der Waals surface area contributed by atoms with Gasteiger partial charge in [-0.3, -0.25) is 19.5 Å². The minimum absolute atomic E-state index is 0.0880. The highest BCUT2D eigenvalue weighted by molar-refractivity contribution is 6.09. The van der Waals surface area contributed by atoms with Crippen LogP contribution in [0.4, 0.5) is 10.1 Å². The van der Waals surface area contributed by atoms with Crippen molar-refractivity contribution in [1.29, 1.82) is 0 Å². The fourth-order valence-corrected chi connectivity index (χ4v) is 4.15. The van der Waals surface area contributed by atoms with E-state index in [2.05, 4.69) is 41.3 Å². The van der Waals surface area contributed by atoms with E-state index in [0.29, 0.717) is 17.7 Å². The normalized spacial score (nSPS) is 12.1. The number of hydrogen-bond donors (Lipinski definition) is 1. The number of nitrogens with zero attached hydrogens (tertiary/aromatic N) is 5. The minimum Gasteiger partial charge on any atom is -0.354 e. The Hall–Kier alpha value is -4.40. The number of amides is 2. The van der Waals surface area contributed by atoms with Gasteiger partial charge in [-0.25, -0.2) is 4.39 Å². The van der Waals surface area contributed by atoms with Gasteiger partial charge in [-0.05, 0) is 53.3 Å². The number of pyridine rings is 1. The average molecular weight is 515 g/mol. The lowest BCUT2D eigenvalue weighted by Crippen LogP contribution is -2.44. The number of carbonyl (C=O) groups excluding carboxylic acids is 2. The first-order valence-electron chi connectivity index (χ1n) is 12.4. The molecule has 0 spiro atoms. The summed E-state index contributed by atoms with van der Waals surface area (Å²) < 4.78 is 13.6. The monoisotopic (exact) mass is 514 g/mol. The Morgan fingerprint density at radius 1 is 1.05 bits per heavy atom. The Kier molecular flexibility index (Phi) is 7.95. The number of carbonyl (C=O) groups is 2. The van der Waals surface area contributed by atoms with Crippen LogP contribution in [0.5, 0.6) is 0 Å². The van der Waals surface area contributed by atoms with Gasteiger partial charge in [-0.1, -0.05) is 51.1 Å². The number of rotatable bonds is 8. The third-order valence-electron chi connectivity index (χ3n) is 6.16. The SMILES string of the molecule is Cn1ncc(C(=O)N(c2ccc(C(C)(C)C)cc2)C(C(=O)NCCc2cccc(F)c2)c2cccnc2)n1. The minimum atomic E-state index is -1.04. The van der Waals surface area contributed by atoms with Gasteiger partial charge in [0.2, 0.25) is 5.91 Å². The van der Waals surface area contributed by atoms with Gasteiger partial charge in [0.1, 0.15) is 11.9 Å². The van der Waals surface area contributed by atoms with Crippen LogP contribution in [0, 0.1) is 5.82 Å². The molecule has 2 amide bonds. The second kappa shape index (κ2) is 11.3. The van der Waals surface area contributed by atoms with Crippen LogP contribution >= 0.6 is 0 Å². The summed E-state index contributed by atoms with van der Waals surface area (Å²) in [7, 11) is 1.62. The summed E-state index contributed by atoms with van der Waals surface area (Å²) in [5.41, 5.74) is 2.93. The van der Waals surface area contributed by atoms with Crippen LogP contribution in [0.25, 0.3) is 0 Å². The molecule has 1 atom stereocenters. The molecule has 0 radical (unpaired) electrons. The summed E-state index contributed by atoms with van der Waals surface area (Å²) in [6.45, 7) is 6.58. The fraction of sp³-hybridized carbons (Fsp3) is 0.276. The van der Waals surface area contributed by atoms with E-state index in [1.54, 1.807) is 43.7 Å². The molecule has 0 bridgehead atoms. The molecule has 196 valence electrons. The highest BCUT2D eigenvalue weighted by atomic mass is 19.1. The van der Waals surface area contributed by atoms with Crippen LogP contribution < -0.4 is 10.2 Å². The van der Waals surface area contributed by atoms with Crippen LogP contribution in [-0.2, 0) is 23.7 Å². The number of aryl methyl sites for hydroxylation is 1. The van der Waals surface area contributed by atoms with E-state index in [9.17, 15) is 14.0 Å². The molecule has 2 heterocycles. The van der Waals surface area contributed by atoms with Crippen LogP contribution in [-0.4, -0.2) is 38.3 Å². The Morgan fingerprint density at radius 3 is 2.42 bits per heavy atom. The van der Waals surface area contributed by atoms with Gasteiger partial charge in [0, 0.05) is 37.2 Å². The first-order chi connectivity index (χ1) is 18.1. The first kappa shape index (κ1) is 26.7. The van der Waals surface area contributed by atoms with E-state index in [4.69, 9.17) is 0 Å². The van der Waals surface area contributed by atoms with Crippen molar-refractivity contribution in [2.24, 2.45) is 7.05 Å². The number of nitrogens with one attached hydrogen (secondary N) is 1. The maximum absolute atomic E-state index is 13.9. The number of anilines is 1. The van der Waals surface area contributed by atoms with Gasteiger partial charge < -0.3 is 5.32 Å². The molecular weight excluding hydrogens is 483 g/mol. The van der Waals surface area contributed by atoms with Gasteiger partial charge in [-0.2, -0.15) is 9.90 Å². The first-order valence-corrected chi connectivity index (χ1v) is 12.4. The molecule has 1 N–H and O–H groups in total.